The second kappa shape index (κ2) is 7.47. The zero-order chi connectivity index (χ0) is 17.2. The summed E-state index contributed by atoms with van der Waals surface area (Å²) in [6.07, 6.45) is 14.0. The number of rotatable bonds is 3. The second-order valence-electron chi connectivity index (χ2n) is 8.74. The van der Waals surface area contributed by atoms with E-state index in [2.05, 4.69) is 17.5 Å². The fourth-order valence-electron chi connectivity index (χ4n) is 4.66. The summed E-state index contributed by atoms with van der Waals surface area (Å²) in [4.78, 5) is 14.8. The average molecular weight is 335 g/mol. The van der Waals surface area contributed by atoms with Crippen LogP contribution in [0.5, 0.6) is 0 Å². The summed E-state index contributed by atoms with van der Waals surface area (Å²) in [7, 11) is 0. The highest BCUT2D eigenvalue weighted by atomic mass is 16.6. The summed E-state index contributed by atoms with van der Waals surface area (Å²) in [6, 6.07) is 1.51. The number of carbonyl (C=O) groups excluding carboxylic acids is 1. The molecule has 0 radical (unpaired) electrons. The molecule has 3 atom stereocenters. The molecule has 1 aliphatic heterocycles. The third kappa shape index (κ3) is 4.33. The van der Waals surface area contributed by atoms with Crippen LogP contribution in [-0.4, -0.2) is 41.3 Å². The summed E-state index contributed by atoms with van der Waals surface area (Å²) in [5.74, 6) is 0.582. The first kappa shape index (κ1) is 17.8. The zero-order valence-electron chi connectivity index (χ0n) is 15.6. The lowest BCUT2D eigenvalue weighted by Crippen LogP contribution is -2.53. The Kier molecular flexibility index (Phi) is 5.53. The van der Waals surface area contributed by atoms with E-state index in [0.29, 0.717) is 24.0 Å². The topological polar surface area (TPSA) is 41.6 Å². The van der Waals surface area contributed by atoms with Crippen molar-refractivity contribution in [1.29, 1.82) is 0 Å². The van der Waals surface area contributed by atoms with Crippen molar-refractivity contribution < 1.29 is 9.53 Å². The average Bonchev–Trinajstić information content (AvgIpc) is 3.18. The molecule has 1 N–H and O–H groups in total. The summed E-state index contributed by atoms with van der Waals surface area (Å²) in [5, 5.41) is 3.89. The number of likely N-dealkylation sites (tertiary alicyclic amines) is 1. The number of ether oxygens (including phenoxy) is 1. The van der Waals surface area contributed by atoms with Crippen LogP contribution in [0.25, 0.3) is 0 Å². The van der Waals surface area contributed by atoms with Gasteiger partial charge in [-0.15, -0.1) is 0 Å². The van der Waals surface area contributed by atoms with Crippen molar-refractivity contribution in [3.05, 3.63) is 12.2 Å². The molecule has 4 nitrogen and oxygen atoms in total. The third-order valence-electron chi connectivity index (χ3n) is 5.70. The summed E-state index contributed by atoms with van der Waals surface area (Å²) >= 11 is 0. The van der Waals surface area contributed by atoms with Crippen molar-refractivity contribution in [3.8, 4) is 0 Å². The molecular weight excluding hydrogens is 300 g/mol. The predicted octanol–water partition coefficient (Wildman–Crippen LogP) is 4.25. The highest BCUT2D eigenvalue weighted by Gasteiger charge is 2.41. The molecule has 1 heterocycles. The van der Waals surface area contributed by atoms with Gasteiger partial charge in [0, 0.05) is 24.7 Å². The molecule has 0 aromatic rings. The van der Waals surface area contributed by atoms with Crippen molar-refractivity contribution in [1.82, 2.24) is 10.2 Å². The quantitative estimate of drug-likeness (QED) is 0.784. The van der Waals surface area contributed by atoms with Gasteiger partial charge in [-0.3, -0.25) is 0 Å². The van der Waals surface area contributed by atoms with Crippen LogP contribution in [0.4, 0.5) is 4.79 Å². The van der Waals surface area contributed by atoms with Gasteiger partial charge in [-0.25, -0.2) is 4.79 Å². The van der Waals surface area contributed by atoms with Crippen molar-refractivity contribution in [2.24, 2.45) is 5.92 Å². The van der Waals surface area contributed by atoms with Gasteiger partial charge in [0.25, 0.3) is 0 Å². The Balaban J connectivity index is 1.66. The van der Waals surface area contributed by atoms with E-state index in [-0.39, 0.29) is 6.09 Å². The maximum Gasteiger partial charge on any atom is 0.410 e. The molecule has 0 spiro atoms. The Labute approximate surface area is 147 Å². The Bertz CT molecular complexity index is 461. The number of amides is 1. The van der Waals surface area contributed by atoms with Crippen LogP contribution < -0.4 is 5.32 Å². The largest absolute Gasteiger partial charge is 0.444 e. The molecule has 0 aromatic heterocycles. The SMILES string of the molecule is CC(C)(C)OC(=O)N1CCCCC1C1CCCC1NC1CC=CC1. The van der Waals surface area contributed by atoms with Crippen LogP contribution in [0.1, 0.15) is 72.1 Å². The van der Waals surface area contributed by atoms with Gasteiger partial charge in [0.2, 0.25) is 0 Å². The van der Waals surface area contributed by atoms with Gasteiger partial charge >= 0.3 is 6.09 Å². The van der Waals surface area contributed by atoms with E-state index in [4.69, 9.17) is 4.74 Å². The number of hydrogen-bond acceptors (Lipinski definition) is 3. The van der Waals surface area contributed by atoms with Crippen molar-refractivity contribution in [2.75, 3.05) is 6.54 Å². The summed E-state index contributed by atoms with van der Waals surface area (Å²) in [5.41, 5.74) is -0.415. The molecule has 0 aromatic carbocycles. The normalized spacial score (nSPS) is 31.6. The van der Waals surface area contributed by atoms with Crippen LogP contribution in [0.2, 0.25) is 0 Å². The molecule has 2 aliphatic carbocycles. The minimum atomic E-state index is -0.415. The van der Waals surface area contributed by atoms with Crippen LogP contribution in [0.15, 0.2) is 12.2 Å². The van der Waals surface area contributed by atoms with Crippen molar-refractivity contribution in [3.63, 3.8) is 0 Å². The molecule has 1 saturated carbocycles. The minimum absolute atomic E-state index is 0.111. The molecule has 1 saturated heterocycles. The number of nitrogens with one attached hydrogen (secondary N) is 1. The van der Waals surface area contributed by atoms with E-state index in [1.165, 1.54) is 25.7 Å². The van der Waals surface area contributed by atoms with Gasteiger partial charge in [-0.1, -0.05) is 18.6 Å². The van der Waals surface area contributed by atoms with Crippen LogP contribution in [-0.2, 0) is 4.74 Å². The summed E-state index contributed by atoms with van der Waals surface area (Å²) < 4.78 is 5.69. The molecule has 1 amide bonds. The van der Waals surface area contributed by atoms with Crippen LogP contribution >= 0.6 is 0 Å². The van der Waals surface area contributed by atoms with E-state index in [1.54, 1.807) is 0 Å². The Morgan fingerprint density at radius 3 is 2.54 bits per heavy atom. The molecule has 4 heteroatoms. The Morgan fingerprint density at radius 1 is 1.08 bits per heavy atom. The number of carbonyl (C=O) groups is 1. The monoisotopic (exact) mass is 334 g/mol. The van der Waals surface area contributed by atoms with E-state index >= 15 is 0 Å². The molecule has 3 aliphatic rings. The second-order valence-corrected chi connectivity index (χ2v) is 8.74. The van der Waals surface area contributed by atoms with Crippen LogP contribution in [0.3, 0.4) is 0 Å². The Morgan fingerprint density at radius 2 is 1.83 bits per heavy atom. The van der Waals surface area contributed by atoms with E-state index in [0.717, 1.165) is 32.2 Å². The van der Waals surface area contributed by atoms with Gasteiger partial charge < -0.3 is 15.0 Å². The molecule has 0 bridgehead atoms. The number of piperidine rings is 1. The van der Waals surface area contributed by atoms with Crippen molar-refractivity contribution >= 4 is 6.09 Å². The first-order valence-corrected chi connectivity index (χ1v) is 9.85. The van der Waals surface area contributed by atoms with Gasteiger partial charge in [0.15, 0.2) is 0 Å². The zero-order valence-corrected chi connectivity index (χ0v) is 15.6. The maximum atomic E-state index is 12.7. The summed E-state index contributed by atoms with van der Waals surface area (Å²) in [6.45, 7) is 6.72. The molecule has 3 unspecified atom stereocenters. The van der Waals surface area contributed by atoms with Gasteiger partial charge in [-0.2, -0.15) is 0 Å². The Hall–Kier alpha value is -1.03. The smallest absolute Gasteiger partial charge is 0.410 e. The number of hydrogen-bond donors (Lipinski definition) is 1. The lowest BCUT2D eigenvalue weighted by atomic mass is 9.86. The minimum Gasteiger partial charge on any atom is -0.444 e. The van der Waals surface area contributed by atoms with Gasteiger partial charge in [-0.05, 0) is 71.6 Å². The van der Waals surface area contributed by atoms with Crippen LogP contribution in [0, 0.1) is 5.92 Å². The number of nitrogens with zero attached hydrogens (tertiary/aromatic N) is 1. The molecular formula is C20H34N2O2. The first-order valence-electron chi connectivity index (χ1n) is 9.85. The maximum absolute atomic E-state index is 12.7. The fourth-order valence-corrected chi connectivity index (χ4v) is 4.66. The van der Waals surface area contributed by atoms with E-state index in [9.17, 15) is 4.79 Å². The molecule has 3 rings (SSSR count). The van der Waals surface area contributed by atoms with E-state index in [1.807, 2.05) is 25.7 Å². The van der Waals surface area contributed by atoms with Gasteiger partial charge in [0.1, 0.15) is 5.60 Å². The molecule has 24 heavy (non-hydrogen) atoms. The standard InChI is InChI=1S/C20H34N2O2/c1-20(2,3)24-19(23)22-14-7-6-13-18(22)16-11-8-12-17(16)21-15-9-4-5-10-15/h4-5,15-18,21H,6-14H2,1-3H3. The molecule has 2 fully saturated rings. The third-order valence-corrected chi connectivity index (χ3v) is 5.70. The fraction of sp³-hybridized carbons (Fsp3) is 0.850. The highest BCUT2D eigenvalue weighted by molar-refractivity contribution is 5.68. The lowest BCUT2D eigenvalue weighted by Gasteiger charge is -2.42. The van der Waals surface area contributed by atoms with E-state index < -0.39 is 5.60 Å². The first-order chi connectivity index (χ1) is 11.4. The molecule has 136 valence electrons. The highest BCUT2D eigenvalue weighted by Crippen LogP contribution is 2.36. The predicted molar refractivity (Wildman–Crippen MR) is 97.0 cm³/mol. The lowest BCUT2D eigenvalue weighted by molar-refractivity contribution is -0.000333. The van der Waals surface area contributed by atoms with Gasteiger partial charge in [0.05, 0.1) is 0 Å². The van der Waals surface area contributed by atoms with Crippen molar-refractivity contribution in [2.45, 2.75) is 95.9 Å².